The molecule has 0 radical (unpaired) electrons. The van der Waals surface area contributed by atoms with Crippen molar-refractivity contribution in [3.05, 3.63) is 0 Å². The molecular formula is C11H21N3O. The van der Waals surface area contributed by atoms with E-state index in [-0.39, 0.29) is 11.9 Å². The quantitative estimate of drug-likeness (QED) is 0.677. The molecule has 2 aliphatic rings. The van der Waals surface area contributed by atoms with Gasteiger partial charge < -0.3 is 16.0 Å². The third-order valence-electron chi connectivity index (χ3n) is 3.21. The van der Waals surface area contributed by atoms with Crippen LogP contribution in [0.2, 0.25) is 0 Å². The van der Waals surface area contributed by atoms with Crippen molar-refractivity contribution in [1.29, 1.82) is 0 Å². The Morgan fingerprint density at radius 3 is 2.60 bits per heavy atom. The molecule has 3 N–H and O–H groups in total. The van der Waals surface area contributed by atoms with Gasteiger partial charge in [0.15, 0.2) is 0 Å². The first-order valence-electron chi connectivity index (χ1n) is 6.03. The van der Waals surface area contributed by atoms with E-state index in [0.717, 1.165) is 25.9 Å². The van der Waals surface area contributed by atoms with Crippen LogP contribution in [0.1, 0.15) is 32.1 Å². The lowest BCUT2D eigenvalue weighted by Gasteiger charge is -2.20. The van der Waals surface area contributed by atoms with Crippen LogP contribution >= 0.6 is 0 Å². The van der Waals surface area contributed by atoms with Crippen LogP contribution in [0.3, 0.4) is 0 Å². The van der Waals surface area contributed by atoms with Crippen molar-refractivity contribution in [2.45, 2.75) is 44.2 Å². The van der Waals surface area contributed by atoms with E-state index in [2.05, 4.69) is 5.32 Å². The summed E-state index contributed by atoms with van der Waals surface area (Å²) >= 11 is 0. The van der Waals surface area contributed by atoms with E-state index >= 15 is 0 Å². The third kappa shape index (κ3) is 3.18. The van der Waals surface area contributed by atoms with E-state index in [1.54, 1.807) is 0 Å². The normalized spacial score (nSPS) is 23.1. The summed E-state index contributed by atoms with van der Waals surface area (Å²) in [6.45, 7) is 2.45. The van der Waals surface area contributed by atoms with Crippen LogP contribution in [0.15, 0.2) is 0 Å². The lowest BCUT2D eigenvalue weighted by Crippen LogP contribution is -2.42. The summed E-state index contributed by atoms with van der Waals surface area (Å²) in [7, 11) is 0. The number of rotatable bonds is 5. The first-order chi connectivity index (χ1) is 7.29. The van der Waals surface area contributed by atoms with E-state index in [1.807, 2.05) is 4.90 Å². The Hall–Kier alpha value is -0.610. The molecule has 0 aromatic carbocycles. The van der Waals surface area contributed by atoms with E-state index in [9.17, 15) is 4.79 Å². The molecule has 1 saturated heterocycles. The maximum absolute atomic E-state index is 11.8. The van der Waals surface area contributed by atoms with Crippen molar-refractivity contribution in [3.63, 3.8) is 0 Å². The molecule has 1 amide bonds. The van der Waals surface area contributed by atoms with Crippen molar-refractivity contribution >= 4 is 5.91 Å². The number of hydrogen-bond acceptors (Lipinski definition) is 3. The summed E-state index contributed by atoms with van der Waals surface area (Å²) in [6, 6.07) is 0.815. The Bertz CT molecular complexity index is 222. The van der Waals surface area contributed by atoms with Gasteiger partial charge in [0, 0.05) is 38.1 Å². The molecule has 0 aromatic heterocycles. The Morgan fingerprint density at radius 1 is 1.40 bits per heavy atom. The number of carbonyl (C=O) groups is 1. The molecule has 0 aromatic rings. The van der Waals surface area contributed by atoms with Crippen molar-refractivity contribution in [2.24, 2.45) is 5.73 Å². The fourth-order valence-corrected chi connectivity index (χ4v) is 2.10. The molecule has 0 spiro atoms. The summed E-state index contributed by atoms with van der Waals surface area (Å²) in [4.78, 5) is 13.8. The second kappa shape index (κ2) is 4.94. The van der Waals surface area contributed by atoms with Crippen LogP contribution in [-0.4, -0.2) is 42.5 Å². The fourth-order valence-electron chi connectivity index (χ4n) is 2.10. The van der Waals surface area contributed by atoms with Gasteiger partial charge in [-0.2, -0.15) is 0 Å². The van der Waals surface area contributed by atoms with Gasteiger partial charge in [0.1, 0.15) is 0 Å². The maximum atomic E-state index is 11.8. The number of carbonyl (C=O) groups excluding carboxylic acids is 1. The molecule has 2 rings (SSSR count). The largest absolute Gasteiger partial charge is 0.343 e. The van der Waals surface area contributed by atoms with Gasteiger partial charge in [-0.05, 0) is 25.7 Å². The number of hydrogen-bond donors (Lipinski definition) is 2. The third-order valence-corrected chi connectivity index (χ3v) is 3.21. The van der Waals surface area contributed by atoms with Crippen molar-refractivity contribution in [1.82, 2.24) is 10.2 Å². The molecule has 1 aliphatic heterocycles. The predicted molar refractivity (Wildman–Crippen MR) is 59.4 cm³/mol. The molecule has 15 heavy (non-hydrogen) atoms. The molecule has 2 fully saturated rings. The van der Waals surface area contributed by atoms with E-state index in [4.69, 9.17) is 5.73 Å². The average Bonchev–Trinajstić information content (AvgIpc) is 2.88. The van der Waals surface area contributed by atoms with E-state index in [1.165, 1.54) is 12.8 Å². The molecule has 1 saturated carbocycles. The van der Waals surface area contributed by atoms with Crippen LogP contribution in [-0.2, 0) is 4.79 Å². The number of nitrogens with two attached hydrogens (primary N) is 1. The number of nitrogens with one attached hydrogen (secondary N) is 1. The van der Waals surface area contributed by atoms with Gasteiger partial charge in [0.25, 0.3) is 0 Å². The summed E-state index contributed by atoms with van der Waals surface area (Å²) in [5.41, 5.74) is 5.66. The Labute approximate surface area is 91.2 Å². The Morgan fingerprint density at radius 2 is 2.07 bits per heavy atom. The smallest absolute Gasteiger partial charge is 0.224 e. The minimum absolute atomic E-state index is 0.186. The molecule has 1 aliphatic carbocycles. The molecule has 4 nitrogen and oxygen atoms in total. The molecule has 86 valence electrons. The first kappa shape index (κ1) is 10.9. The average molecular weight is 211 g/mol. The van der Waals surface area contributed by atoms with Crippen molar-refractivity contribution in [2.75, 3.05) is 19.6 Å². The van der Waals surface area contributed by atoms with Gasteiger partial charge >= 0.3 is 0 Å². The highest BCUT2D eigenvalue weighted by Gasteiger charge is 2.26. The molecule has 1 heterocycles. The van der Waals surface area contributed by atoms with Crippen molar-refractivity contribution < 1.29 is 4.79 Å². The Kier molecular flexibility index (Phi) is 3.59. The van der Waals surface area contributed by atoms with Crippen LogP contribution in [0.25, 0.3) is 0 Å². The fraction of sp³-hybridized carbons (Fsp3) is 0.909. The van der Waals surface area contributed by atoms with E-state index < -0.39 is 0 Å². The Balaban J connectivity index is 1.74. The minimum Gasteiger partial charge on any atom is -0.343 e. The monoisotopic (exact) mass is 211 g/mol. The molecule has 4 heteroatoms. The van der Waals surface area contributed by atoms with Gasteiger partial charge in [-0.1, -0.05) is 0 Å². The second-order valence-corrected chi connectivity index (χ2v) is 4.67. The lowest BCUT2D eigenvalue weighted by molar-refractivity contribution is -0.130. The van der Waals surface area contributed by atoms with Gasteiger partial charge in [-0.15, -0.1) is 0 Å². The molecule has 0 bridgehead atoms. The summed E-state index contributed by atoms with van der Waals surface area (Å²) < 4.78 is 0. The van der Waals surface area contributed by atoms with Gasteiger partial charge in [0.05, 0.1) is 0 Å². The zero-order valence-electron chi connectivity index (χ0n) is 9.24. The van der Waals surface area contributed by atoms with Gasteiger partial charge in [-0.3, -0.25) is 4.79 Å². The standard InChI is InChI=1S/C11H21N3O/c12-8-10(13-9-3-4-9)7-11(15)14-5-1-2-6-14/h9-10,13H,1-8,12H2. The highest BCUT2D eigenvalue weighted by Crippen LogP contribution is 2.20. The highest BCUT2D eigenvalue weighted by molar-refractivity contribution is 5.77. The van der Waals surface area contributed by atoms with Crippen molar-refractivity contribution in [3.8, 4) is 0 Å². The lowest BCUT2D eigenvalue weighted by atomic mass is 10.2. The highest BCUT2D eigenvalue weighted by atomic mass is 16.2. The first-order valence-corrected chi connectivity index (χ1v) is 6.03. The predicted octanol–water partition coefficient (Wildman–Crippen LogP) is 0.0782. The van der Waals surface area contributed by atoms with Crippen LogP contribution < -0.4 is 11.1 Å². The number of nitrogens with zero attached hydrogens (tertiary/aromatic N) is 1. The van der Waals surface area contributed by atoms with Gasteiger partial charge in [0.2, 0.25) is 5.91 Å². The zero-order chi connectivity index (χ0) is 10.7. The SMILES string of the molecule is NCC(CC(=O)N1CCCC1)NC1CC1. The van der Waals surface area contributed by atoms with Gasteiger partial charge in [-0.25, -0.2) is 0 Å². The van der Waals surface area contributed by atoms with E-state index in [0.29, 0.717) is 19.0 Å². The minimum atomic E-state index is 0.186. The maximum Gasteiger partial charge on any atom is 0.224 e. The number of likely N-dealkylation sites (tertiary alicyclic amines) is 1. The second-order valence-electron chi connectivity index (χ2n) is 4.67. The summed E-state index contributed by atoms with van der Waals surface area (Å²) in [5, 5.41) is 3.42. The number of amides is 1. The molecule has 1 atom stereocenters. The zero-order valence-corrected chi connectivity index (χ0v) is 9.24. The molecular weight excluding hydrogens is 190 g/mol. The van der Waals surface area contributed by atoms with Crippen LogP contribution in [0.5, 0.6) is 0 Å². The topological polar surface area (TPSA) is 58.4 Å². The molecule has 1 unspecified atom stereocenters. The van der Waals surface area contributed by atoms with Crippen LogP contribution in [0.4, 0.5) is 0 Å². The summed E-state index contributed by atoms with van der Waals surface area (Å²) in [6.07, 6.45) is 5.39. The van der Waals surface area contributed by atoms with Crippen LogP contribution in [0, 0.1) is 0 Å². The summed E-state index contributed by atoms with van der Waals surface area (Å²) in [5.74, 6) is 0.274.